The number of aryl methyl sites for hydroxylation is 1. The Bertz CT molecular complexity index is 390. The Kier molecular flexibility index (Phi) is 3.69. The molecule has 0 aromatic heterocycles. The third-order valence-electron chi connectivity index (χ3n) is 3.70. The van der Waals surface area contributed by atoms with E-state index in [1.54, 1.807) is 0 Å². The van der Waals surface area contributed by atoms with Gasteiger partial charge in [0, 0.05) is 31.2 Å². The number of benzene rings is 1. The maximum Gasteiger partial charge on any atom is 0.0557 e. The lowest BCUT2D eigenvalue weighted by atomic mass is 10.0. The minimum atomic E-state index is -0.216. The maximum atomic E-state index is 9.64. The fourth-order valence-electron chi connectivity index (χ4n) is 2.59. The van der Waals surface area contributed by atoms with Gasteiger partial charge in [-0.25, -0.2) is 0 Å². The van der Waals surface area contributed by atoms with Gasteiger partial charge in [0.25, 0.3) is 0 Å². The van der Waals surface area contributed by atoms with Crippen LogP contribution in [0.15, 0.2) is 18.2 Å². The van der Waals surface area contributed by atoms with Crippen LogP contribution in [0.2, 0.25) is 0 Å². The summed E-state index contributed by atoms with van der Waals surface area (Å²) in [5, 5.41) is 9.64. The summed E-state index contributed by atoms with van der Waals surface area (Å²) >= 11 is 0. The van der Waals surface area contributed by atoms with Crippen LogP contribution in [0.4, 0.5) is 5.69 Å². The molecular weight excluding hydrogens is 212 g/mol. The first kappa shape index (κ1) is 12.4. The molecule has 3 N–H and O–H groups in total. The Morgan fingerprint density at radius 1 is 1.53 bits per heavy atom. The molecule has 1 aromatic rings. The highest BCUT2D eigenvalue weighted by Crippen LogP contribution is 2.29. The van der Waals surface area contributed by atoms with E-state index in [0.29, 0.717) is 12.5 Å². The molecule has 94 valence electrons. The fraction of sp³-hybridized carbons (Fsp3) is 0.571. The normalized spacial score (nSPS) is 21.9. The lowest BCUT2D eigenvalue weighted by Gasteiger charge is -2.22. The van der Waals surface area contributed by atoms with E-state index in [2.05, 4.69) is 30.0 Å². The first-order valence-corrected chi connectivity index (χ1v) is 6.34. The highest BCUT2D eigenvalue weighted by atomic mass is 16.3. The van der Waals surface area contributed by atoms with Crippen molar-refractivity contribution >= 4 is 5.69 Å². The fourth-order valence-corrected chi connectivity index (χ4v) is 2.59. The Balaban J connectivity index is 2.18. The van der Waals surface area contributed by atoms with E-state index in [0.717, 1.165) is 19.5 Å². The molecule has 0 amide bonds. The summed E-state index contributed by atoms with van der Waals surface area (Å²) in [5.41, 5.74) is 9.50. The van der Waals surface area contributed by atoms with Crippen molar-refractivity contribution in [3.8, 4) is 0 Å². The van der Waals surface area contributed by atoms with Crippen LogP contribution in [0.1, 0.15) is 24.5 Å². The largest absolute Gasteiger partial charge is 0.393 e. The maximum absolute atomic E-state index is 9.64. The summed E-state index contributed by atoms with van der Waals surface area (Å²) in [7, 11) is 0. The molecule has 3 heteroatoms. The molecule has 1 aromatic carbocycles. The molecular formula is C14H22N2O. The van der Waals surface area contributed by atoms with Gasteiger partial charge >= 0.3 is 0 Å². The van der Waals surface area contributed by atoms with Gasteiger partial charge in [-0.15, -0.1) is 0 Å². The summed E-state index contributed by atoms with van der Waals surface area (Å²) < 4.78 is 0. The van der Waals surface area contributed by atoms with Crippen molar-refractivity contribution in [2.24, 2.45) is 11.7 Å². The van der Waals surface area contributed by atoms with E-state index in [1.807, 2.05) is 6.92 Å². The number of nitrogens with two attached hydrogens (primary N) is 1. The molecule has 0 bridgehead atoms. The molecule has 2 rings (SSSR count). The van der Waals surface area contributed by atoms with E-state index in [9.17, 15) is 5.11 Å². The Labute approximate surface area is 103 Å². The highest BCUT2D eigenvalue weighted by molar-refractivity contribution is 5.55. The van der Waals surface area contributed by atoms with E-state index >= 15 is 0 Å². The van der Waals surface area contributed by atoms with Crippen LogP contribution in [0.3, 0.4) is 0 Å². The van der Waals surface area contributed by atoms with E-state index in [4.69, 9.17) is 5.73 Å². The van der Waals surface area contributed by atoms with Crippen molar-refractivity contribution in [2.75, 3.05) is 18.0 Å². The third-order valence-corrected chi connectivity index (χ3v) is 3.70. The molecule has 3 nitrogen and oxygen atoms in total. The average Bonchev–Trinajstić information content (AvgIpc) is 2.78. The lowest BCUT2D eigenvalue weighted by molar-refractivity contribution is 0.136. The molecule has 0 saturated carbocycles. The van der Waals surface area contributed by atoms with Gasteiger partial charge in [-0.3, -0.25) is 0 Å². The van der Waals surface area contributed by atoms with E-state index in [1.165, 1.54) is 16.8 Å². The predicted octanol–water partition coefficient (Wildman–Crippen LogP) is 1.66. The van der Waals surface area contributed by atoms with Gasteiger partial charge in [-0.2, -0.15) is 0 Å². The lowest BCUT2D eigenvalue weighted by Crippen LogP contribution is -2.25. The molecule has 0 spiro atoms. The first-order valence-electron chi connectivity index (χ1n) is 6.34. The smallest absolute Gasteiger partial charge is 0.0557 e. The van der Waals surface area contributed by atoms with Crippen LogP contribution in [0, 0.1) is 12.8 Å². The number of aliphatic hydroxyl groups is 1. The molecule has 17 heavy (non-hydrogen) atoms. The topological polar surface area (TPSA) is 49.5 Å². The highest BCUT2D eigenvalue weighted by Gasteiger charge is 2.26. The molecule has 0 radical (unpaired) electrons. The summed E-state index contributed by atoms with van der Waals surface area (Å²) in [6, 6.07) is 6.44. The molecule has 1 fully saturated rings. The van der Waals surface area contributed by atoms with Gasteiger partial charge in [0.15, 0.2) is 0 Å². The Hall–Kier alpha value is -1.06. The second-order valence-corrected chi connectivity index (χ2v) is 5.07. The van der Waals surface area contributed by atoms with Crippen LogP contribution in [-0.2, 0) is 6.54 Å². The Morgan fingerprint density at radius 2 is 2.29 bits per heavy atom. The average molecular weight is 234 g/mol. The van der Waals surface area contributed by atoms with Crippen LogP contribution >= 0.6 is 0 Å². The second-order valence-electron chi connectivity index (χ2n) is 5.07. The summed E-state index contributed by atoms with van der Waals surface area (Å²) in [6.45, 7) is 6.50. The minimum absolute atomic E-state index is 0.216. The van der Waals surface area contributed by atoms with Crippen LogP contribution in [0.25, 0.3) is 0 Å². The van der Waals surface area contributed by atoms with Crippen LogP contribution in [-0.4, -0.2) is 24.3 Å². The standard InChI is InChI=1S/C14H22N2O/c1-10-3-4-14(13(7-10)8-15)16-6-5-12(9-16)11(2)17/h3-4,7,11-12,17H,5-6,8-9,15H2,1-2H3. The Morgan fingerprint density at radius 3 is 2.88 bits per heavy atom. The van der Waals surface area contributed by atoms with Gasteiger partial charge in [0.05, 0.1) is 6.10 Å². The molecule has 0 aliphatic carbocycles. The van der Waals surface area contributed by atoms with Crippen LogP contribution < -0.4 is 10.6 Å². The van der Waals surface area contributed by atoms with Crippen molar-refractivity contribution in [1.82, 2.24) is 0 Å². The number of aliphatic hydroxyl groups excluding tert-OH is 1. The number of rotatable bonds is 3. The van der Waals surface area contributed by atoms with Crippen molar-refractivity contribution < 1.29 is 5.11 Å². The quantitative estimate of drug-likeness (QED) is 0.836. The number of hydrogen-bond donors (Lipinski definition) is 2. The third kappa shape index (κ3) is 2.61. The van der Waals surface area contributed by atoms with Gasteiger partial charge < -0.3 is 15.7 Å². The van der Waals surface area contributed by atoms with Crippen molar-refractivity contribution in [1.29, 1.82) is 0 Å². The number of hydrogen-bond acceptors (Lipinski definition) is 3. The van der Waals surface area contributed by atoms with Crippen molar-refractivity contribution in [3.05, 3.63) is 29.3 Å². The van der Waals surface area contributed by atoms with Gasteiger partial charge in [-0.1, -0.05) is 17.7 Å². The monoisotopic (exact) mass is 234 g/mol. The van der Waals surface area contributed by atoms with Gasteiger partial charge in [-0.05, 0) is 31.9 Å². The van der Waals surface area contributed by atoms with Crippen LogP contribution in [0.5, 0.6) is 0 Å². The molecule has 1 aliphatic heterocycles. The molecule has 1 heterocycles. The van der Waals surface area contributed by atoms with Crippen molar-refractivity contribution in [3.63, 3.8) is 0 Å². The summed E-state index contributed by atoms with van der Waals surface area (Å²) in [4.78, 5) is 2.35. The molecule has 2 atom stereocenters. The summed E-state index contributed by atoms with van der Waals surface area (Å²) in [6.07, 6.45) is 0.849. The minimum Gasteiger partial charge on any atom is -0.393 e. The zero-order valence-corrected chi connectivity index (χ0v) is 10.7. The number of nitrogens with zero attached hydrogens (tertiary/aromatic N) is 1. The number of anilines is 1. The SMILES string of the molecule is Cc1ccc(N2CCC(C(C)O)C2)c(CN)c1. The molecule has 1 aliphatic rings. The van der Waals surface area contributed by atoms with E-state index in [-0.39, 0.29) is 6.10 Å². The molecule has 1 saturated heterocycles. The van der Waals surface area contributed by atoms with E-state index < -0.39 is 0 Å². The second kappa shape index (κ2) is 5.07. The summed E-state index contributed by atoms with van der Waals surface area (Å²) in [5.74, 6) is 0.391. The zero-order chi connectivity index (χ0) is 12.4. The predicted molar refractivity (Wildman–Crippen MR) is 71.1 cm³/mol. The first-order chi connectivity index (χ1) is 8.11. The van der Waals surface area contributed by atoms with Gasteiger partial charge in [0.1, 0.15) is 0 Å². The van der Waals surface area contributed by atoms with Gasteiger partial charge in [0.2, 0.25) is 0 Å². The zero-order valence-electron chi connectivity index (χ0n) is 10.7. The molecule has 2 unspecified atom stereocenters. The van der Waals surface area contributed by atoms with Crippen molar-refractivity contribution in [2.45, 2.75) is 32.9 Å².